The summed E-state index contributed by atoms with van der Waals surface area (Å²) in [5, 5.41) is 5.70. The first-order valence-electron chi connectivity index (χ1n) is 7.45. The van der Waals surface area contributed by atoms with E-state index in [0.717, 1.165) is 11.3 Å². The van der Waals surface area contributed by atoms with E-state index in [9.17, 15) is 9.59 Å². The highest BCUT2D eigenvalue weighted by atomic mass is 16.2. The van der Waals surface area contributed by atoms with E-state index in [1.165, 1.54) is 6.20 Å². The topological polar surface area (TPSA) is 71.1 Å². The highest BCUT2D eigenvalue weighted by molar-refractivity contribution is 5.94. The van der Waals surface area contributed by atoms with Crippen LogP contribution in [-0.4, -0.2) is 16.8 Å². The molecule has 23 heavy (non-hydrogen) atoms. The van der Waals surface area contributed by atoms with Crippen LogP contribution in [0.2, 0.25) is 0 Å². The fraction of sp³-hybridized carbons (Fsp3) is 0.278. The van der Waals surface area contributed by atoms with Gasteiger partial charge in [0.25, 0.3) is 5.91 Å². The highest BCUT2D eigenvalue weighted by Crippen LogP contribution is 2.17. The molecule has 0 bridgehead atoms. The smallest absolute Gasteiger partial charge is 0.253 e. The molecule has 5 nitrogen and oxygen atoms in total. The van der Waals surface area contributed by atoms with Gasteiger partial charge in [0.05, 0.1) is 5.56 Å². The normalized spacial score (nSPS) is 10.9. The van der Waals surface area contributed by atoms with Gasteiger partial charge in [-0.05, 0) is 29.8 Å². The third-order valence-corrected chi connectivity index (χ3v) is 3.27. The zero-order valence-electron chi connectivity index (χ0n) is 13.6. The number of hydrogen-bond donors (Lipinski definition) is 2. The first kappa shape index (κ1) is 16.7. The number of aromatic nitrogens is 1. The Kier molecular flexibility index (Phi) is 5.11. The van der Waals surface area contributed by atoms with Crippen molar-refractivity contribution in [1.29, 1.82) is 0 Å². The SMILES string of the molecule is CC(C)(C)C(=O)Nc1ccc(CNC(=O)c2cccnc2)cc1. The van der Waals surface area contributed by atoms with Crippen molar-refractivity contribution in [1.82, 2.24) is 10.3 Å². The monoisotopic (exact) mass is 311 g/mol. The predicted octanol–water partition coefficient (Wildman–Crippen LogP) is 3.00. The van der Waals surface area contributed by atoms with Crippen LogP contribution in [0.4, 0.5) is 5.69 Å². The van der Waals surface area contributed by atoms with Gasteiger partial charge in [-0.3, -0.25) is 14.6 Å². The summed E-state index contributed by atoms with van der Waals surface area (Å²) in [6.07, 6.45) is 3.15. The molecule has 0 fully saturated rings. The fourth-order valence-electron chi connectivity index (χ4n) is 1.81. The van der Waals surface area contributed by atoms with Crippen LogP contribution in [0.3, 0.4) is 0 Å². The molecule has 1 aromatic carbocycles. The van der Waals surface area contributed by atoms with Gasteiger partial charge >= 0.3 is 0 Å². The Morgan fingerprint density at radius 2 is 1.78 bits per heavy atom. The van der Waals surface area contributed by atoms with E-state index in [-0.39, 0.29) is 11.8 Å². The van der Waals surface area contributed by atoms with Gasteiger partial charge in [0.2, 0.25) is 5.91 Å². The number of amides is 2. The van der Waals surface area contributed by atoms with E-state index in [0.29, 0.717) is 12.1 Å². The maximum Gasteiger partial charge on any atom is 0.253 e. The Hall–Kier alpha value is -2.69. The Morgan fingerprint density at radius 3 is 2.35 bits per heavy atom. The van der Waals surface area contributed by atoms with Crippen LogP contribution in [0.15, 0.2) is 48.8 Å². The lowest BCUT2D eigenvalue weighted by molar-refractivity contribution is -0.123. The maximum absolute atomic E-state index is 11.9. The van der Waals surface area contributed by atoms with Crippen molar-refractivity contribution < 1.29 is 9.59 Å². The lowest BCUT2D eigenvalue weighted by atomic mass is 9.95. The molecule has 0 saturated carbocycles. The quantitative estimate of drug-likeness (QED) is 0.912. The maximum atomic E-state index is 11.9. The average Bonchev–Trinajstić information content (AvgIpc) is 2.54. The minimum absolute atomic E-state index is 0.0323. The molecule has 2 amide bonds. The third-order valence-electron chi connectivity index (χ3n) is 3.27. The first-order valence-corrected chi connectivity index (χ1v) is 7.45. The molecule has 0 unspecified atom stereocenters. The first-order chi connectivity index (χ1) is 10.9. The summed E-state index contributed by atoms with van der Waals surface area (Å²) in [4.78, 5) is 27.8. The molecule has 0 spiro atoms. The van der Waals surface area contributed by atoms with Crippen molar-refractivity contribution in [2.24, 2.45) is 5.41 Å². The van der Waals surface area contributed by atoms with Gasteiger partial charge in [0.1, 0.15) is 0 Å². The van der Waals surface area contributed by atoms with Crippen LogP contribution in [-0.2, 0) is 11.3 Å². The summed E-state index contributed by atoms with van der Waals surface area (Å²) in [6.45, 7) is 6.02. The Labute approximate surface area is 136 Å². The van der Waals surface area contributed by atoms with Crippen molar-refractivity contribution in [3.05, 3.63) is 59.9 Å². The second-order valence-corrected chi connectivity index (χ2v) is 6.33. The van der Waals surface area contributed by atoms with E-state index < -0.39 is 5.41 Å². The molecule has 1 aromatic heterocycles. The van der Waals surface area contributed by atoms with Crippen molar-refractivity contribution in [2.45, 2.75) is 27.3 Å². The Balaban J connectivity index is 1.90. The second-order valence-electron chi connectivity index (χ2n) is 6.33. The summed E-state index contributed by atoms with van der Waals surface area (Å²) in [5.41, 5.74) is 1.79. The van der Waals surface area contributed by atoms with E-state index in [2.05, 4.69) is 15.6 Å². The second kappa shape index (κ2) is 7.05. The molecule has 5 heteroatoms. The van der Waals surface area contributed by atoms with Gasteiger partial charge in [-0.1, -0.05) is 32.9 Å². The molecule has 1 heterocycles. The number of anilines is 1. The van der Waals surface area contributed by atoms with E-state index in [1.54, 1.807) is 18.3 Å². The molecule has 120 valence electrons. The minimum atomic E-state index is -0.434. The number of carbonyl (C=O) groups is 2. The summed E-state index contributed by atoms with van der Waals surface area (Å²) in [5.74, 6) is -0.196. The largest absolute Gasteiger partial charge is 0.348 e. The van der Waals surface area contributed by atoms with E-state index in [4.69, 9.17) is 0 Å². The molecule has 0 radical (unpaired) electrons. The highest BCUT2D eigenvalue weighted by Gasteiger charge is 2.20. The molecule has 0 aliphatic carbocycles. The molecule has 0 atom stereocenters. The van der Waals surface area contributed by atoms with Gasteiger partial charge in [-0.2, -0.15) is 0 Å². The van der Waals surface area contributed by atoms with Crippen molar-refractivity contribution >= 4 is 17.5 Å². The number of rotatable bonds is 4. The number of nitrogens with zero attached hydrogens (tertiary/aromatic N) is 1. The fourth-order valence-corrected chi connectivity index (χ4v) is 1.81. The zero-order valence-corrected chi connectivity index (χ0v) is 13.6. The van der Waals surface area contributed by atoms with Crippen molar-refractivity contribution in [2.75, 3.05) is 5.32 Å². The predicted molar refractivity (Wildman–Crippen MR) is 89.9 cm³/mol. The molecule has 2 N–H and O–H groups in total. The third kappa shape index (κ3) is 4.92. The lowest BCUT2D eigenvalue weighted by Gasteiger charge is -2.17. The number of hydrogen-bond acceptors (Lipinski definition) is 3. The molecule has 0 saturated heterocycles. The van der Waals surface area contributed by atoms with Gasteiger partial charge < -0.3 is 10.6 Å². The summed E-state index contributed by atoms with van der Waals surface area (Å²) >= 11 is 0. The Morgan fingerprint density at radius 1 is 1.09 bits per heavy atom. The lowest BCUT2D eigenvalue weighted by Crippen LogP contribution is -2.27. The molecule has 0 aliphatic rings. The minimum Gasteiger partial charge on any atom is -0.348 e. The summed E-state index contributed by atoms with van der Waals surface area (Å²) in [7, 11) is 0. The summed E-state index contributed by atoms with van der Waals surface area (Å²) < 4.78 is 0. The van der Waals surface area contributed by atoms with E-state index >= 15 is 0 Å². The zero-order chi connectivity index (χ0) is 16.9. The average molecular weight is 311 g/mol. The van der Waals surface area contributed by atoms with E-state index in [1.807, 2.05) is 45.0 Å². The van der Waals surface area contributed by atoms with Crippen molar-refractivity contribution in [3.8, 4) is 0 Å². The molecular weight excluding hydrogens is 290 g/mol. The molecule has 2 rings (SSSR count). The van der Waals surface area contributed by atoms with Gasteiger partial charge in [-0.15, -0.1) is 0 Å². The molecular formula is C18H21N3O2. The van der Waals surface area contributed by atoms with Gasteiger partial charge in [0, 0.05) is 30.0 Å². The molecule has 0 aliphatic heterocycles. The standard InChI is InChI=1S/C18H21N3O2/c1-18(2,3)17(23)21-15-8-6-13(7-9-15)11-20-16(22)14-5-4-10-19-12-14/h4-10,12H,11H2,1-3H3,(H,20,22)(H,21,23). The van der Waals surface area contributed by atoms with Crippen LogP contribution in [0.1, 0.15) is 36.7 Å². The van der Waals surface area contributed by atoms with Crippen LogP contribution < -0.4 is 10.6 Å². The van der Waals surface area contributed by atoms with Crippen LogP contribution >= 0.6 is 0 Å². The number of pyridine rings is 1. The Bertz CT molecular complexity index is 674. The summed E-state index contributed by atoms with van der Waals surface area (Å²) in [6, 6.07) is 10.9. The van der Waals surface area contributed by atoms with Crippen LogP contribution in [0, 0.1) is 5.41 Å². The van der Waals surface area contributed by atoms with Crippen LogP contribution in [0.5, 0.6) is 0 Å². The number of carbonyl (C=O) groups excluding carboxylic acids is 2. The van der Waals surface area contributed by atoms with Crippen LogP contribution in [0.25, 0.3) is 0 Å². The van der Waals surface area contributed by atoms with Gasteiger partial charge in [-0.25, -0.2) is 0 Å². The van der Waals surface area contributed by atoms with Gasteiger partial charge in [0.15, 0.2) is 0 Å². The van der Waals surface area contributed by atoms with Crippen molar-refractivity contribution in [3.63, 3.8) is 0 Å². The molecule has 2 aromatic rings. The number of benzene rings is 1. The number of nitrogens with one attached hydrogen (secondary N) is 2.